The van der Waals surface area contributed by atoms with Crippen molar-refractivity contribution in [2.45, 2.75) is 26.8 Å². The molecule has 0 aromatic heterocycles. The molecule has 6 heteroatoms. The number of benzene rings is 1. The topological polar surface area (TPSA) is 49.4 Å². The Morgan fingerprint density at radius 2 is 1.86 bits per heavy atom. The average Bonchev–Trinajstić information content (AvgIpc) is 2.61. The van der Waals surface area contributed by atoms with E-state index < -0.39 is 23.3 Å². The molecule has 0 saturated heterocycles. The van der Waals surface area contributed by atoms with Gasteiger partial charge in [-0.15, -0.1) is 0 Å². The maximum Gasteiger partial charge on any atom is 0.299 e. The molecule has 0 bridgehead atoms. The van der Waals surface area contributed by atoms with Gasteiger partial charge in [-0.3, -0.25) is 9.59 Å². The summed E-state index contributed by atoms with van der Waals surface area (Å²) < 4.78 is 27.0. The van der Waals surface area contributed by atoms with Crippen LogP contribution in [0.5, 0.6) is 0 Å². The summed E-state index contributed by atoms with van der Waals surface area (Å²) in [5.74, 6) is -3.45. The highest BCUT2D eigenvalue weighted by Crippen LogP contribution is 2.32. The minimum atomic E-state index is -0.987. The lowest BCUT2D eigenvalue weighted by Gasteiger charge is -2.22. The second kappa shape index (κ2) is 5.89. The van der Waals surface area contributed by atoms with Crippen molar-refractivity contribution in [3.63, 3.8) is 0 Å². The number of rotatable bonds is 5. The van der Waals surface area contributed by atoms with E-state index in [1.807, 2.05) is 20.8 Å². The second-order valence-corrected chi connectivity index (χ2v) is 5.69. The summed E-state index contributed by atoms with van der Waals surface area (Å²) in [4.78, 5) is 24.9. The first kappa shape index (κ1) is 15.6. The first-order valence-corrected chi connectivity index (χ1v) is 6.90. The van der Waals surface area contributed by atoms with E-state index in [-0.39, 0.29) is 23.7 Å². The Morgan fingerprint density at radius 3 is 2.48 bits per heavy atom. The van der Waals surface area contributed by atoms with Crippen molar-refractivity contribution in [3.05, 3.63) is 29.3 Å². The van der Waals surface area contributed by atoms with E-state index in [4.69, 9.17) is 0 Å². The van der Waals surface area contributed by atoms with E-state index in [9.17, 15) is 18.4 Å². The van der Waals surface area contributed by atoms with Gasteiger partial charge >= 0.3 is 0 Å². The van der Waals surface area contributed by atoms with Crippen molar-refractivity contribution >= 4 is 17.4 Å². The molecular formula is C15H18F2N2O2. The van der Waals surface area contributed by atoms with Crippen LogP contribution in [-0.4, -0.2) is 30.8 Å². The zero-order chi connectivity index (χ0) is 15.7. The molecule has 21 heavy (non-hydrogen) atoms. The fraction of sp³-hybridized carbons (Fsp3) is 0.467. The average molecular weight is 296 g/mol. The lowest BCUT2D eigenvalue weighted by Crippen LogP contribution is -2.38. The van der Waals surface area contributed by atoms with Crippen LogP contribution in [0.25, 0.3) is 0 Å². The normalized spacial score (nSPS) is 15.8. The molecule has 2 rings (SSSR count). The van der Waals surface area contributed by atoms with Crippen molar-refractivity contribution < 1.29 is 18.4 Å². The number of carbonyl (C=O) groups excluding carboxylic acids is 2. The van der Waals surface area contributed by atoms with Gasteiger partial charge < -0.3 is 10.2 Å². The smallest absolute Gasteiger partial charge is 0.299 e. The molecule has 4 nitrogen and oxygen atoms in total. The van der Waals surface area contributed by atoms with Gasteiger partial charge in [-0.1, -0.05) is 20.8 Å². The number of ketones is 1. The van der Waals surface area contributed by atoms with Gasteiger partial charge in [0.2, 0.25) is 0 Å². The Balaban J connectivity index is 2.23. The first-order chi connectivity index (χ1) is 9.81. The van der Waals surface area contributed by atoms with Crippen LogP contribution in [0, 0.1) is 17.6 Å². The largest absolute Gasteiger partial charge is 0.314 e. The van der Waals surface area contributed by atoms with Crippen molar-refractivity contribution in [1.82, 2.24) is 5.32 Å². The van der Waals surface area contributed by atoms with Crippen LogP contribution < -0.4 is 10.2 Å². The number of hydrogen-bond donors (Lipinski definition) is 1. The van der Waals surface area contributed by atoms with E-state index in [2.05, 4.69) is 5.32 Å². The van der Waals surface area contributed by atoms with Crippen LogP contribution in [0.2, 0.25) is 0 Å². The third-order valence-electron chi connectivity index (χ3n) is 3.36. The van der Waals surface area contributed by atoms with E-state index in [0.717, 1.165) is 11.0 Å². The summed E-state index contributed by atoms with van der Waals surface area (Å²) >= 11 is 0. The number of carbonyl (C=O) groups is 2. The van der Waals surface area contributed by atoms with Crippen molar-refractivity contribution in [1.29, 1.82) is 0 Å². The highest BCUT2D eigenvalue weighted by Gasteiger charge is 2.39. The molecule has 1 unspecified atom stereocenters. The fourth-order valence-corrected chi connectivity index (χ4v) is 2.33. The first-order valence-electron chi connectivity index (χ1n) is 6.90. The van der Waals surface area contributed by atoms with E-state index >= 15 is 0 Å². The molecule has 0 radical (unpaired) electrons. The molecule has 1 aromatic rings. The van der Waals surface area contributed by atoms with Crippen LogP contribution in [-0.2, 0) is 4.79 Å². The summed E-state index contributed by atoms with van der Waals surface area (Å²) in [6.45, 7) is 6.78. The second-order valence-electron chi connectivity index (χ2n) is 5.69. The molecule has 1 aromatic carbocycles. The van der Waals surface area contributed by atoms with Crippen LogP contribution in [0.3, 0.4) is 0 Å². The highest BCUT2D eigenvalue weighted by molar-refractivity contribution is 6.52. The standard InChI is InChI=1S/C15H18F2N2O2/c1-8(2)18-6-9(3)7-19-12-5-10(16)4-11(17)13(12)14(20)15(19)21/h4-5,8-9,18H,6-7H2,1-3H3. The molecule has 1 aliphatic heterocycles. The van der Waals surface area contributed by atoms with Gasteiger partial charge in [0.25, 0.3) is 11.7 Å². The molecule has 1 aliphatic rings. The predicted octanol–water partition coefficient (Wildman–Crippen LogP) is 2.13. The van der Waals surface area contributed by atoms with Gasteiger partial charge in [-0.05, 0) is 18.5 Å². The molecule has 1 amide bonds. The molecule has 0 aliphatic carbocycles. The summed E-state index contributed by atoms with van der Waals surface area (Å²) in [6, 6.07) is 1.95. The Labute approximate surface area is 122 Å². The lowest BCUT2D eigenvalue weighted by molar-refractivity contribution is -0.114. The van der Waals surface area contributed by atoms with E-state index in [1.165, 1.54) is 0 Å². The monoisotopic (exact) mass is 296 g/mol. The number of nitrogens with zero attached hydrogens (tertiary/aromatic N) is 1. The Bertz CT molecular complexity index is 587. The SMILES string of the molecule is CC(CNC(C)C)CN1C(=O)C(=O)c2c(F)cc(F)cc21. The molecule has 1 N–H and O–H groups in total. The van der Waals surface area contributed by atoms with Gasteiger partial charge in [-0.2, -0.15) is 0 Å². The third kappa shape index (κ3) is 3.10. The summed E-state index contributed by atoms with van der Waals surface area (Å²) in [5, 5.41) is 3.22. The zero-order valence-corrected chi connectivity index (χ0v) is 12.2. The van der Waals surface area contributed by atoms with Crippen molar-refractivity contribution in [2.75, 3.05) is 18.0 Å². The Morgan fingerprint density at radius 1 is 1.19 bits per heavy atom. The molecule has 0 saturated carbocycles. The number of fused-ring (bicyclic) bond motifs is 1. The van der Waals surface area contributed by atoms with Crippen molar-refractivity contribution in [2.24, 2.45) is 5.92 Å². The number of halogens is 2. The molecule has 1 atom stereocenters. The third-order valence-corrected chi connectivity index (χ3v) is 3.36. The predicted molar refractivity (Wildman–Crippen MR) is 75.3 cm³/mol. The van der Waals surface area contributed by atoms with Crippen LogP contribution in [0.4, 0.5) is 14.5 Å². The number of amides is 1. The van der Waals surface area contributed by atoms with Gasteiger partial charge in [0, 0.05) is 18.7 Å². The molecule has 1 heterocycles. The van der Waals surface area contributed by atoms with Crippen LogP contribution in [0.1, 0.15) is 31.1 Å². The summed E-state index contributed by atoms with van der Waals surface area (Å²) in [7, 11) is 0. The zero-order valence-electron chi connectivity index (χ0n) is 12.2. The Kier molecular flexibility index (Phi) is 4.37. The van der Waals surface area contributed by atoms with E-state index in [0.29, 0.717) is 18.7 Å². The van der Waals surface area contributed by atoms with Crippen molar-refractivity contribution in [3.8, 4) is 0 Å². The number of hydrogen-bond acceptors (Lipinski definition) is 3. The lowest BCUT2D eigenvalue weighted by atomic mass is 10.1. The van der Waals surface area contributed by atoms with E-state index in [1.54, 1.807) is 0 Å². The molecule has 0 spiro atoms. The highest BCUT2D eigenvalue weighted by atomic mass is 19.1. The van der Waals surface area contributed by atoms with Gasteiger partial charge in [0.1, 0.15) is 11.6 Å². The van der Waals surface area contributed by atoms with Gasteiger partial charge in [-0.25, -0.2) is 8.78 Å². The number of anilines is 1. The van der Waals surface area contributed by atoms with Crippen LogP contribution >= 0.6 is 0 Å². The summed E-state index contributed by atoms with van der Waals surface area (Å²) in [6.07, 6.45) is 0. The van der Waals surface area contributed by atoms with Crippen LogP contribution in [0.15, 0.2) is 12.1 Å². The minimum Gasteiger partial charge on any atom is -0.314 e. The Hall–Kier alpha value is -1.82. The maximum absolute atomic E-state index is 13.7. The van der Waals surface area contributed by atoms with Gasteiger partial charge in [0.15, 0.2) is 0 Å². The molecule has 114 valence electrons. The minimum absolute atomic E-state index is 0.0268. The maximum atomic E-state index is 13.7. The van der Waals surface area contributed by atoms with Gasteiger partial charge in [0.05, 0.1) is 11.3 Å². The molecular weight excluding hydrogens is 278 g/mol. The summed E-state index contributed by atoms with van der Waals surface area (Å²) in [5.41, 5.74) is -0.302. The molecule has 0 fully saturated rings. The number of nitrogens with one attached hydrogen (secondary N) is 1. The fourth-order valence-electron chi connectivity index (χ4n) is 2.33. The number of Topliss-reactive ketones (excluding diaryl/α,β-unsaturated/α-hetero) is 1. The quantitative estimate of drug-likeness (QED) is 0.847.